The van der Waals surface area contributed by atoms with Gasteiger partial charge in [-0.3, -0.25) is 4.79 Å². The lowest BCUT2D eigenvalue weighted by molar-refractivity contribution is -0.116. The van der Waals surface area contributed by atoms with Gasteiger partial charge in [-0.2, -0.15) is 15.1 Å². The number of hydrogen-bond donors (Lipinski definition) is 3. The fourth-order valence-corrected chi connectivity index (χ4v) is 3.36. The Labute approximate surface area is 162 Å². The fraction of sp³-hybridized carbons (Fsp3) is 0.500. The van der Waals surface area contributed by atoms with E-state index in [1.54, 1.807) is 15.6 Å². The average Bonchev–Trinajstić information content (AvgIpc) is 3.16. The fourth-order valence-electron chi connectivity index (χ4n) is 3.36. The third-order valence-corrected chi connectivity index (χ3v) is 5.05. The number of nitrogens with one attached hydrogen (secondary N) is 2. The minimum absolute atomic E-state index is 0.0724. The largest absolute Gasteiger partial charge is 0.368 e. The lowest BCUT2D eigenvalue weighted by Gasteiger charge is -2.25. The van der Waals surface area contributed by atoms with E-state index in [0.717, 1.165) is 12.2 Å². The third-order valence-electron chi connectivity index (χ3n) is 5.05. The van der Waals surface area contributed by atoms with Gasteiger partial charge in [-0.15, -0.1) is 0 Å². The van der Waals surface area contributed by atoms with Crippen molar-refractivity contribution in [3.05, 3.63) is 18.1 Å². The zero-order valence-electron chi connectivity index (χ0n) is 16.1. The van der Waals surface area contributed by atoms with Crippen molar-refractivity contribution < 1.29 is 4.79 Å². The van der Waals surface area contributed by atoms with Crippen LogP contribution in [0, 0.1) is 12.8 Å². The maximum atomic E-state index is 12.5. The molecular formula is C18H25N9O. The van der Waals surface area contributed by atoms with Crippen LogP contribution in [0.15, 0.2) is 12.4 Å². The van der Waals surface area contributed by atoms with Crippen LogP contribution in [-0.2, 0) is 17.9 Å². The van der Waals surface area contributed by atoms with Crippen LogP contribution in [0.1, 0.15) is 31.9 Å². The van der Waals surface area contributed by atoms with E-state index in [-0.39, 0.29) is 18.4 Å². The molecule has 1 aliphatic rings. The zero-order chi connectivity index (χ0) is 19.7. The van der Waals surface area contributed by atoms with Crippen LogP contribution in [0.25, 0.3) is 11.2 Å². The maximum Gasteiger partial charge on any atom is 0.245 e. The van der Waals surface area contributed by atoms with Crippen LogP contribution in [-0.4, -0.2) is 41.8 Å². The number of hydrogen-bond acceptors (Lipinski definition) is 7. The topological polar surface area (TPSA) is 129 Å². The van der Waals surface area contributed by atoms with Crippen molar-refractivity contribution in [2.24, 2.45) is 5.92 Å². The number of aryl methyl sites for hydroxylation is 2. The van der Waals surface area contributed by atoms with Gasteiger partial charge in [-0.1, -0.05) is 6.42 Å². The van der Waals surface area contributed by atoms with E-state index in [1.807, 2.05) is 19.9 Å². The average molecular weight is 383 g/mol. The Hall–Kier alpha value is -3.17. The van der Waals surface area contributed by atoms with Gasteiger partial charge in [0.05, 0.1) is 12.0 Å². The molecule has 10 heteroatoms. The molecule has 0 bridgehead atoms. The standard InChI is InChI=1S/C18H25N9O/c1-3-27-13(7-11(2)25-27)22-14(28)9-26-10-21-15-16(20-8-12-5-4-6-12)23-18(19)24-17(15)26/h7,10,12H,3-6,8-9H2,1-2H3,(H,22,28)(H3,19,20,23,24). The highest BCUT2D eigenvalue weighted by Gasteiger charge is 2.19. The van der Waals surface area contributed by atoms with E-state index in [4.69, 9.17) is 5.73 Å². The third kappa shape index (κ3) is 3.62. The summed E-state index contributed by atoms with van der Waals surface area (Å²) in [5.74, 6) is 1.94. The Morgan fingerprint density at radius 3 is 2.89 bits per heavy atom. The van der Waals surface area contributed by atoms with E-state index in [1.165, 1.54) is 19.3 Å². The predicted octanol–water partition coefficient (Wildman–Crippen LogP) is 1.78. The Morgan fingerprint density at radius 1 is 1.36 bits per heavy atom. The van der Waals surface area contributed by atoms with Gasteiger partial charge in [0.2, 0.25) is 11.9 Å². The van der Waals surface area contributed by atoms with E-state index in [0.29, 0.717) is 35.3 Å². The summed E-state index contributed by atoms with van der Waals surface area (Å²) in [4.78, 5) is 25.5. The number of carbonyl (C=O) groups excluding carboxylic acids is 1. The first-order chi connectivity index (χ1) is 13.5. The highest BCUT2D eigenvalue weighted by atomic mass is 16.2. The molecule has 10 nitrogen and oxygen atoms in total. The quantitative estimate of drug-likeness (QED) is 0.567. The van der Waals surface area contributed by atoms with Crippen molar-refractivity contribution in [1.29, 1.82) is 0 Å². The molecule has 3 aromatic heterocycles. The van der Waals surface area contributed by atoms with Crippen LogP contribution in [0.2, 0.25) is 0 Å². The second kappa shape index (κ2) is 7.45. The lowest BCUT2D eigenvalue weighted by atomic mass is 9.85. The van der Waals surface area contributed by atoms with Crippen molar-refractivity contribution in [1.82, 2.24) is 29.3 Å². The number of fused-ring (bicyclic) bond motifs is 1. The molecule has 0 aliphatic heterocycles. The van der Waals surface area contributed by atoms with Gasteiger partial charge >= 0.3 is 0 Å². The summed E-state index contributed by atoms with van der Waals surface area (Å²) in [6, 6.07) is 1.84. The van der Waals surface area contributed by atoms with Gasteiger partial charge in [0.1, 0.15) is 12.4 Å². The monoisotopic (exact) mass is 383 g/mol. The molecular weight excluding hydrogens is 358 g/mol. The minimum atomic E-state index is -0.185. The second-order valence-corrected chi connectivity index (χ2v) is 7.19. The summed E-state index contributed by atoms with van der Waals surface area (Å²) in [5.41, 5.74) is 7.90. The summed E-state index contributed by atoms with van der Waals surface area (Å²) in [7, 11) is 0. The van der Waals surface area contributed by atoms with Crippen molar-refractivity contribution in [3.63, 3.8) is 0 Å². The van der Waals surface area contributed by atoms with Crippen molar-refractivity contribution in [3.8, 4) is 0 Å². The molecule has 4 rings (SSSR count). The second-order valence-electron chi connectivity index (χ2n) is 7.19. The molecule has 4 N–H and O–H groups in total. The molecule has 1 aliphatic carbocycles. The molecule has 0 radical (unpaired) electrons. The molecule has 148 valence electrons. The first-order valence-electron chi connectivity index (χ1n) is 9.60. The number of nitrogen functional groups attached to an aromatic ring is 1. The molecule has 0 unspecified atom stereocenters. The summed E-state index contributed by atoms with van der Waals surface area (Å²) >= 11 is 0. The lowest BCUT2D eigenvalue weighted by Crippen LogP contribution is -2.22. The van der Waals surface area contributed by atoms with Gasteiger partial charge in [-0.05, 0) is 32.6 Å². The van der Waals surface area contributed by atoms with Gasteiger partial charge < -0.3 is 20.9 Å². The molecule has 1 saturated carbocycles. The van der Waals surface area contributed by atoms with Crippen LogP contribution in [0.4, 0.5) is 17.6 Å². The van der Waals surface area contributed by atoms with Crippen LogP contribution in [0.3, 0.4) is 0 Å². The Kier molecular flexibility index (Phi) is 4.84. The van der Waals surface area contributed by atoms with Crippen molar-refractivity contribution in [2.75, 3.05) is 22.9 Å². The molecule has 28 heavy (non-hydrogen) atoms. The van der Waals surface area contributed by atoms with Gasteiger partial charge in [-0.25, -0.2) is 9.67 Å². The highest BCUT2D eigenvalue weighted by molar-refractivity contribution is 5.91. The van der Waals surface area contributed by atoms with Crippen molar-refractivity contribution in [2.45, 2.75) is 46.2 Å². The van der Waals surface area contributed by atoms with Gasteiger partial charge in [0.15, 0.2) is 17.0 Å². The molecule has 3 aromatic rings. The van der Waals surface area contributed by atoms with E-state index in [2.05, 4.69) is 30.7 Å². The summed E-state index contributed by atoms with van der Waals surface area (Å²) in [5, 5.41) is 10.6. The highest BCUT2D eigenvalue weighted by Crippen LogP contribution is 2.27. The number of nitrogens with zero attached hydrogens (tertiary/aromatic N) is 6. The number of aromatic nitrogens is 6. The molecule has 0 saturated heterocycles. The van der Waals surface area contributed by atoms with Crippen LogP contribution >= 0.6 is 0 Å². The predicted molar refractivity (Wildman–Crippen MR) is 107 cm³/mol. The van der Waals surface area contributed by atoms with E-state index >= 15 is 0 Å². The Bertz CT molecular complexity index is 1000. The van der Waals surface area contributed by atoms with Gasteiger partial charge in [0, 0.05) is 19.2 Å². The molecule has 0 aromatic carbocycles. The molecule has 0 atom stereocenters. The van der Waals surface area contributed by atoms with Crippen LogP contribution in [0.5, 0.6) is 0 Å². The SMILES string of the molecule is CCn1nc(C)cc1NC(=O)Cn1cnc2c(NCC3CCC3)nc(N)nc21. The first kappa shape index (κ1) is 18.2. The molecule has 0 spiro atoms. The molecule has 1 amide bonds. The van der Waals surface area contributed by atoms with E-state index < -0.39 is 0 Å². The first-order valence-corrected chi connectivity index (χ1v) is 9.60. The molecule has 1 fully saturated rings. The summed E-state index contributed by atoms with van der Waals surface area (Å²) < 4.78 is 3.43. The normalized spacial score (nSPS) is 14.2. The summed E-state index contributed by atoms with van der Waals surface area (Å²) in [6.07, 6.45) is 5.35. The minimum Gasteiger partial charge on any atom is -0.368 e. The number of anilines is 3. The Morgan fingerprint density at radius 2 is 2.18 bits per heavy atom. The molecule has 3 heterocycles. The zero-order valence-corrected chi connectivity index (χ0v) is 16.1. The smallest absolute Gasteiger partial charge is 0.245 e. The number of amides is 1. The van der Waals surface area contributed by atoms with E-state index in [9.17, 15) is 4.79 Å². The number of imidazole rings is 1. The number of nitrogens with two attached hydrogens (primary N) is 1. The number of rotatable bonds is 7. The number of carbonyl (C=O) groups is 1. The summed E-state index contributed by atoms with van der Waals surface area (Å²) in [6.45, 7) is 5.46. The van der Waals surface area contributed by atoms with Gasteiger partial charge in [0.25, 0.3) is 0 Å². The van der Waals surface area contributed by atoms with Crippen LogP contribution < -0.4 is 16.4 Å². The maximum absolute atomic E-state index is 12.5. The Balaban J connectivity index is 1.51. The van der Waals surface area contributed by atoms with Crippen molar-refractivity contribution >= 4 is 34.7 Å².